The summed E-state index contributed by atoms with van der Waals surface area (Å²) in [6.45, 7) is 20.9. The van der Waals surface area contributed by atoms with E-state index in [1.54, 1.807) is 0 Å². The van der Waals surface area contributed by atoms with Crippen molar-refractivity contribution in [1.29, 1.82) is 0 Å². The van der Waals surface area contributed by atoms with Crippen LogP contribution in [0.3, 0.4) is 0 Å². The lowest BCUT2D eigenvalue weighted by atomic mass is 9.69. The second kappa shape index (κ2) is 8.15. The summed E-state index contributed by atoms with van der Waals surface area (Å²) in [5.41, 5.74) is 0.378. The molecule has 2 nitrogen and oxygen atoms in total. The van der Waals surface area contributed by atoms with E-state index in [0.717, 1.165) is 19.1 Å². The van der Waals surface area contributed by atoms with E-state index in [1.165, 1.54) is 32.1 Å². The van der Waals surface area contributed by atoms with Crippen LogP contribution in [0.2, 0.25) is 0 Å². The lowest BCUT2D eigenvalue weighted by molar-refractivity contribution is -0.161. The molecular formula is C20H41NO. The molecule has 0 bridgehead atoms. The van der Waals surface area contributed by atoms with Crippen molar-refractivity contribution in [3.63, 3.8) is 0 Å². The Balaban J connectivity index is 2.92. The predicted octanol–water partition coefficient (Wildman–Crippen LogP) is 5.51. The zero-order valence-electron chi connectivity index (χ0n) is 16.5. The Labute approximate surface area is 140 Å². The average molecular weight is 312 g/mol. The van der Waals surface area contributed by atoms with Crippen molar-refractivity contribution >= 4 is 0 Å². The first kappa shape index (κ1) is 20.0. The van der Waals surface area contributed by atoms with Crippen molar-refractivity contribution < 1.29 is 4.74 Å². The van der Waals surface area contributed by atoms with Gasteiger partial charge in [0.2, 0.25) is 0 Å². The van der Waals surface area contributed by atoms with Gasteiger partial charge in [0, 0.05) is 17.7 Å². The Bertz CT molecular complexity index is 322. The van der Waals surface area contributed by atoms with Crippen LogP contribution in [0.25, 0.3) is 0 Å². The maximum atomic E-state index is 6.50. The van der Waals surface area contributed by atoms with Crippen LogP contribution in [-0.2, 0) is 4.74 Å². The number of nitrogens with zero attached hydrogens (tertiary/aromatic N) is 1. The molecule has 132 valence electrons. The Morgan fingerprint density at radius 3 is 2.23 bits per heavy atom. The molecule has 1 heterocycles. The zero-order chi connectivity index (χ0) is 17.0. The molecule has 2 unspecified atom stereocenters. The van der Waals surface area contributed by atoms with Gasteiger partial charge in [-0.05, 0) is 65.3 Å². The van der Waals surface area contributed by atoms with E-state index >= 15 is 0 Å². The van der Waals surface area contributed by atoms with Crippen LogP contribution in [0.1, 0.15) is 87.5 Å². The minimum atomic E-state index is 0.113. The highest BCUT2D eigenvalue weighted by atomic mass is 16.5. The van der Waals surface area contributed by atoms with Crippen LogP contribution in [0.5, 0.6) is 0 Å². The Kier molecular flexibility index (Phi) is 7.39. The summed E-state index contributed by atoms with van der Waals surface area (Å²) in [6.07, 6.45) is 6.64. The average Bonchev–Trinajstić information content (AvgIpc) is 2.35. The van der Waals surface area contributed by atoms with Gasteiger partial charge in [-0.15, -0.1) is 0 Å². The van der Waals surface area contributed by atoms with Crippen LogP contribution >= 0.6 is 0 Å². The molecule has 0 saturated carbocycles. The Hall–Kier alpha value is -0.0800. The fourth-order valence-electron chi connectivity index (χ4n) is 4.92. The highest BCUT2D eigenvalue weighted by Gasteiger charge is 2.51. The number of likely N-dealkylation sites (tertiary alicyclic amines) is 1. The topological polar surface area (TPSA) is 12.5 Å². The first-order valence-electron chi connectivity index (χ1n) is 9.56. The second-order valence-electron chi connectivity index (χ2n) is 8.80. The van der Waals surface area contributed by atoms with Crippen LogP contribution in [0.4, 0.5) is 0 Å². The van der Waals surface area contributed by atoms with E-state index in [4.69, 9.17) is 4.74 Å². The third-order valence-electron chi connectivity index (χ3n) is 5.45. The first-order chi connectivity index (χ1) is 10.2. The third-order valence-corrected chi connectivity index (χ3v) is 5.45. The fraction of sp³-hybridized carbons (Fsp3) is 1.00. The molecule has 0 amide bonds. The third kappa shape index (κ3) is 4.71. The molecule has 0 spiro atoms. The van der Waals surface area contributed by atoms with Crippen molar-refractivity contribution in [2.24, 2.45) is 11.8 Å². The molecule has 0 aromatic carbocycles. The second-order valence-corrected chi connectivity index (χ2v) is 8.80. The zero-order valence-corrected chi connectivity index (χ0v) is 16.5. The van der Waals surface area contributed by atoms with E-state index in [0.29, 0.717) is 12.0 Å². The molecular weight excluding hydrogens is 270 g/mol. The van der Waals surface area contributed by atoms with Crippen LogP contribution in [-0.4, -0.2) is 35.2 Å². The lowest BCUT2D eigenvalue weighted by Gasteiger charge is -2.59. The summed E-state index contributed by atoms with van der Waals surface area (Å²) in [5, 5.41) is 0. The van der Waals surface area contributed by atoms with Crippen LogP contribution in [0.15, 0.2) is 0 Å². The van der Waals surface area contributed by atoms with Crippen molar-refractivity contribution in [2.75, 3.05) is 13.2 Å². The molecule has 0 aromatic heterocycles. The van der Waals surface area contributed by atoms with Gasteiger partial charge in [0.25, 0.3) is 0 Å². The molecule has 22 heavy (non-hydrogen) atoms. The molecule has 1 aliphatic rings. The molecule has 1 aliphatic heterocycles. The normalized spacial score (nSPS) is 28.2. The number of hydrogen-bond acceptors (Lipinski definition) is 2. The highest BCUT2D eigenvalue weighted by molar-refractivity contribution is 5.05. The number of unbranched alkanes of at least 4 members (excludes halogenated alkanes) is 2. The monoisotopic (exact) mass is 311 g/mol. The molecule has 1 saturated heterocycles. The van der Waals surface area contributed by atoms with Gasteiger partial charge >= 0.3 is 0 Å². The fourth-order valence-corrected chi connectivity index (χ4v) is 4.92. The van der Waals surface area contributed by atoms with Gasteiger partial charge in [-0.2, -0.15) is 0 Å². The maximum absolute atomic E-state index is 6.50. The van der Waals surface area contributed by atoms with Gasteiger partial charge in [0.15, 0.2) is 0 Å². The number of rotatable bonds is 8. The van der Waals surface area contributed by atoms with Gasteiger partial charge in [-0.3, -0.25) is 4.90 Å². The van der Waals surface area contributed by atoms with Crippen molar-refractivity contribution in [3.05, 3.63) is 0 Å². The summed E-state index contributed by atoms with van der Waals surface area (Å²) < 4.78 is 6.50. The molecule has 2 atom stereocenters. The molecule has 0 aromatic rings. The standard InChI is InChI=1S/C20H41NO/c1-9-11-12-13-22-18-17(14-16(3)4)15-19(5,6)21(10-2)20(18,7)8/h16-18H,9-15H2,1-8H3. The van der Waals surface area contributed by atoms with E-state index in [2.05, 4.69) is 60.3 Å². The van der Waals surface area contributed by atoms with E-state index in [1.807, 2.05) is 0 Å². The van der Waals surface area contributed by atoms with Gasteiger partial charge in [0.05, 0.1) is 6.10 Å². The van der Waals surface area contributed by atoms with Crippen LogP contribution < -0.4 is 0 Å². The SMILES string of the molecule is CCCCCOC1C(CC(C)C)CC(C)(C)N(CC)C1(C)C. The minimum absolute atomic E-state index is 0.113. The maximum Gasteiger partial charge on any atom is 0.0782 e. The Morgan fingerprint density at radius 2 is 1.73 bits per heavy atom. The van der Waals surface area contributed by atoms with Crippen molar-refractivity contribution in [1.82, 2.24) is 4.90 Å². The molecule has 0 aliphatic carbocycles. The number of ether oxygens (including phenoxy) is 1. The molecule has 2 heteroatoms. The van der Waals surface area contributed by atoms with E-state index in [-0.39, 0.29) is 11.1 Å². The summed E-state index contributed by atoms with van der Waals surface area (Å²) in [6, 6.07) is 0. The molecule has 0 N–H and O–H groups in total. The largest absolute Gasteiger partial charge is 0.376 e. The van der Waals surface area contributed by atoms with Gasteiger partial charge in [-0.25, -0.2) is 0 Å². The van der Waals surface area contributed by atoms with Crippen molar-refractivity contribution in [3.8, 4) is 0 Å². The molecule has 1 rings (SSSR count). The number of hydrogen-bond donors (Lipinski definition) is 0. The first-order valence-corrected chi connectivity index (χ1v) is 9.56. The molecule has 1 fully saturated rings. The summed E-state index contributed by atoms with van der Waals surface area (Å²) >= 11 is 0. The van der Waals surface area contributed by atoms with Crippen LogP contribution in [0, 0.1) is 11.8 Å². The number of piperidine rings is 1. The number of likely N-dealkylation sites (N-methyl/N-ethyl adjacent to an activating group) is 1. The smallest absolute Gasteiger partial charge is 0.0782 e. The van der Waals surface area contributed by atoms with E-state index in [9.17, 15) is 0 Å². The quantitative estimate of drug-likeness (QED) is 0.548. The van der Waals surface area contributed by atoms with Gasteiger partial charge < -0.3 is 4.74 Å². The highest BCUT2D eigenvalue weighted by Crippen LogP contribution is 2.44. The van der Waals surface area contributed by atoms with Gasteiger partial charge in [0.1, 0.15) is 0 Å². The summed E-state index contributed by atoms with van der Waals surface area (Å²) in [4.78, 5) is 2.67. The molecule has 0 radical (unpaired) electrons. The summed E-state index contributed by atoms with van der Waals surface area (Å²) in [7, 11) is 0. The Morgan fingerprint density at radius 1 is 1.09 bits per heavy atom. The van der Waals surface area contributed by atoms with Gasteiger partial charge in [-0.1, -0.05) is 40.5 Å². The van der Waals surface area contributed by atoms with E-state index < -0.39 is 0 Å². The van der Waals surface area contributed by atoms with Crippen molar-refractivity contribution in [2.45, 2.75) is 105 Å². The predicted molar refractivity (Wildman–Crippen MR) is 97.4 cm³/mol. The lowest BCUT2D eigenvalue weighted by Crippen LogP contribution is -2.67. The summed E-state index contributed by atoms with van der Waals surface area (Å²) in [5.74, 6) is 1.42. The minimum Gasteiger partial charge on any atom is -0.376 e.